The lowest BCUT2D eigenvalue weighted by atomic mass is 10.2. The molecule has 0 aliphatic heterocycles. The minimum atomic E-state index is -3.31. The number of sulfonamides is 1. The maximum Gasteiger partial charge on any atom is 0.257 e. The summed E-state index contributed by atoms with van der Waals surface area (Å²) in [4.78, 5) is 16.1. The van der Waals surface area contributed by atoms with Gasteiger partial charge in [0.1, 0.15) is 0 Å². The quantitative estimate of drug-likeness (QED) is 0.905. The Morgan fingerprint density at radius 3 is 2.40 bits per heavy atom. The highest BCUT2D eigenvalue weighted by atomic mass is 32.2. The molecule has 0 unspecified atom stereocenters. The molecule has 20 heavy (non-hydrogen) atoms. The molecule has 6 nitrogen and oxygen atoms in total. The third-order valence-electron chi connectivity index (χ3n) is 2.29. The average molecular weight is 311 g/mol. The monoisotopic (exact) mass is 311 g/mol. The van der Waals surface area contributed by atoms with Crippen LogP contribution in [-0.4, -0.2) is 25.6 Å². The Kier molecular flexibility index (Phi) is 4.05. The zero-order chi connectivity index (χ0) is 14.8. The van der Waals surface area contributed by atoms with Crippen molar-refractivity contribution in [1.82, 2.24) is 4.98 Å². The molecule has 2 N–H and O–H groups in total. The van der Waals surface area contributed by atoms with E-state index in [4.69, 9.17) is 0 Å². The molecule has 2 aromatic rings. The number of nitrogens with zero attached hydrogens (tertiary/aromatic N) is 1. The molecule has 8 heteroatoms. The zero-order valence-corrected chi connectivity index (χ0v) is 12.5. The maximum atomic E-state index is 11.9. The number of rotatable bonds is 4. The van der Waals surface area contributed by atoms with Gasteiger partial charge in [0.05, 0.1) is 11.9 Å². The summed E-state index contributed by atoms with van der Waals surface area (Å²) in [6, 6.07) is 6.15. The number of nitrogens with one attached hydrogen (secondary N) is 2. The molecule has 106 valence electrons. The van der Waals surface area contributed by atoms with E-state index in [0.717, 1.165) is 11.9 Å². The number of thiazole rings is 1. The summed E-state index contributed by atoms with van der Waals surface area (Å²) in [6.07, 6.45) is 1.07. The fourth-order valence-electron chi connectivity index (χ4n) is 1.48. The van der Waals surface area contributed by atoms with Crippen molar-refractivity contribution in [2.24, 2.45) is 0 Å². The molecule has 1 amide bonds. The van der Waals surface area contributed by atoms with E-state index in [1.165, 1.54) is 23.5 Å². The molecule has 0 radical (unpaired) electrons. The molecule has 0 fully saturated rings. The van der Waals surface area contributed by atoms with E-state index >= 15 is 0 Å². The molecule has 0 saturated heterocycles. The lowest BCUT2D eigenvalue weighted by molar-refractivity contribution is 0.102. The molecular weight excluding hydrogens is 298 g/mol. The van der Waals surface area contributed by atoms with Crippen molar-refractivity contribution >= 4 is 38.1 Å². The van der Waals surface area contributed by atoms with Crippen molar-refractivity contribution in [2.75, 3.05) is 16.3 Å². The number of aryl methyl sites for hydroxylation is 1. The lowest BCUT2D eigenvalue weighted by Crippen LogP contribution is -2.12. The van der Waals surface area contributed by atoms with Crippen LogP contribution in [0.3, 0.4) is 0 Å². The zero-order valence-electron chi connectivity index (χ0n) is 10.9. The van der Waals surface area contributed by atoms with E-state index < -0.39 is 10.0 Å². The van der Waals surface area contributed by atoms with Gasteiger partial charge in [0.2, 0.25) is 10.0 Å². The molecule has 0 bridgehead atoms. The Bertz CT molecular complexity index is 721. The third kappa shape index (κ3) is 4.04. The summed E-state index contributed by atoms with van der Waals surface area (Å²) in [7, 11) is -3.31. The molecular formula is C12H13N3O3S2. The fraction of sp³-hybridized carbons (Fsp3) is 0.167. The van der Waals surface area contributed by atoms with Gasteiger partial charge >= 0.3 is 0 Å². The number of carbonyl (C=O) groups is 1. The number of hydrogen-bond donors (Lipinski definition) is 2. The predicted octanol–water partition coefficient (Wildman–Crippen LogP) is 2.08. The number of anilines is 2. The van der Waals surface area contributed by atoms with E-state index in [1.807, 2.05) is 12.3 Å². The van der Waals surface area contributed by atoms with E-state index in [1.54, 1.807) is 12.1 Å². The predicted molar refractivity (Wildman–Crippen MR) is 79.7 cm³/mol. The van der Waals surface area contributed by atoms with Crippen molar-refractivity contribution in [3.8, 4) is 0 Å². The van der Waals surface area contributed by atoms with Gasteiger partial charge in [-0.3, -0.25) is 14.8 Å². The van der Waals surface area contributed by atoms with Crippen LogP contribution in [-0.2, 0) is 10.0 Å². The summed E-state index contributed by atoms with van der Waals surface area (Å²) in [5.41, 5.74) is 1.68. The minimum Gasteiger partial charge on any atom is -0.298 e. The van der Waals surface area contributed by atoms with Gasteiger partial charge in [0, 0.05) is 16.6 Å². The van der Waals surface area contributed by atoms with E-state index in [9.17, 15) is 13.2 Å². The molecule has 1 heterocycles. The Labute approximate surface area is 120 Å². The highest BCUT2D eigenvalue weighted by Gasteiger charge is 2.09. The highest BCUT2D eigenvalue weighted by Crippen LogP contribution is 2.16. The first-order valence-electron chi connectivity index (χ1n) is 5.65. The molecule has 0 atom stereocenters. The van der Waals surface area contributed by atoms with Gasteiger partial charge in [0.15, 0.2) is 5.13 Å². The van der Waals surface area contributed by atoms with Gasteiger partial charge in [-0.1, -0.05) is 0 Å². The van der Waals surface area contributed by atoms with Crippen LogP contribution < -0.4 is 10.0 Å². The van der Waals surface area contributed by atoms with Crippen molar-refractivity contribution < 1.29 is 13.2 Å². The fourth-order valence-corrected chi connectivity index (χ4v) is 2.73. The van der Waals surface area contributed by atoms with Crippen LogP contribution >= 0.6 is 11.3 Å². The molecule has 0 saturated carbocycles. The normalized spacial score (nSPS) is 11.1. The van der Waals surface area contributed by atoms with Crippen LogP contribution in [0.1, 0.15) is 16.1 Å². The minimum absolute atomic E-state index is 0.287. The standard InChI is InChI=1S/C12H13N3O3S2/c1-8-7-19-12(13-8)14-11(16)9-3-5-10(6-4-9)15-20(2,17)18/h3-7,15H,1-2H3,(H,13,14,16). The third-order valence-corrected chi connectivity index (χ3v) is 3.77. The molecule has 0 spiro atoms. The number of aromatic nitrogens is 1. The molecule has 1 aromatic heterocycles. The van der Waals surface area contributed by atoms with Gasteiger partial charge in [-0.25, -0.2) is 13.4 Å². The van der Waals surface area contributed by atoms with Gasteiger partial charge in [-0.15, -0.1) is 11.3 Å². The Hall–Kier alpha value is -1.93. The summed E-state index contributed by atoms with van der Waals surface area (Å²) >= 11 is 1.35. The molecule has 0 aliphatic carbocycles. The van der Waals surface area contributed by atoms with Crippen LogP contribution in [0.15, 0.2) is 29.6 Å². The summed E-state index contributed by atoms with van der Waals surface area (Å²) < 4.78 is 24.5. The van der Waals surface area contributed by atoms with Crippen molar-refractivity contribution in [1.29, 1.82) is 0 Å². The van der Waals surface area contributed by atoms with E-state index in [0.29, 0.717) is 16.4 Å². The molecule has 1 aromatic carbocycles. The SMILES string of the molecule is Cc1csc(NC(=O)c2ccc(NS(C)(=O)=O)cc2)n1. The van der Waals surface area contributed by atoms with E-state index in [2.05, 4.69) is 15.0 Å². The van der Waals surface area contributed by atoms with Crippen LogP contribution in [0.4, 0.5) is 10.8 Å². The summed E-state index contributed by atoms with van der Waals surface area (Å²) in [5, 5.41) is 5.05. The second-order valence-corrected chi connectivity index (χ2v) is 6.81. The molecule has 0 aliphatic rings. The van der Waals surface area contributed by atoms with Gasteiger partial charge < -0.3 is 0 Å². The second kappa shape index (κ2) is 5.59. The summed E-state index contributed by atoms with van der Waals surface area (Å²) in [5.74, 6) is -0.287. The summed E-state index contributed by atoms with van der Waals surface area (Å²) in [6.45, 7) is 1.85. The number of carbonyl (C=O) groups excluding carboxylic acids is 1. The average Bonchev–Trinajstić information content (AvgIpc) is 2.73. The van der Waals surface area contributed by atoms with Gasteiger partial charge in [0.25, 0.3) is 5.91 Å². The number of benzene rings is 1. The number of hydrogen-bond acceptors (Lipinski definition) is 5. The largest absolute Gasteiger partial charge is 0.298 e. The van der Waals surface area contributed by atoms with Crippen molar-refractivity contribution in [3.05, 3.63) is 40.9 Å². The maximum absolute atomic E-state index is 11.9. The van der Waals surface area contributed by atoms with Crippen molar-refractivity contribution in [2.45, 2.75) is 6.92 Å². The van der Waals surface area contributed by atoms with Crippen LogP contribution in [0.5, 0.6) is 0 Å². The first kappa shape index (κ1) is 14.5. The first-order chi connectivity index (χ1) is 9.33. The Morgan fingerprint density at radius 2 is 1.90 bits per heavy atom. The Balaban J connectivity index is 2.07. The van der Waals surface area contributed by atoms with Gasteiger partial charge in [-0.05, 0) is 31.2 Å². The lowest BCUT2D eigenvalue weighted by Gasteiger charge is -2.05. The second-order valence-electron chi connectivity index (χ2n) is 4.20. The first-order valence-corrected chi connectivity index (χ1v) is 8.42. The number of amides is 1. The Morgan fingerprint density at radius 1 is 1.25 bits per heavy atom. The smallest absolute Gasteiger partial charge is 0.257 e. The molecule has 2 rings (SSSR count). The van der Waals surface area contributed by atoms with Gasteiger partial charge in [-0.2, -0.15) is 0 Å². The van der Waals surface area contributed by atoms with Crippen molar-refractivity contribution in [3.63, 3.8) is 0 Å². The van der Waals surface area contributed by atoms with Crippen LogP contribution in [0, 0.1) is 6.92 Å². The van der Waals surface area contributed by atoms with Crippen LogP contribution in [0.2, 0.25) is 0 Å². The van der Waals surface area contributed by atoms with Crippen LogP contribution in [0.25, 0.3) is 0 Å². The van der Waals surface area contributed by atoms with E-state index in [-0.39, 0.29) is 5.91 Å². The topological polar surface area (TPSA) is 88.2 Å². The highest BCUT2D eigenvalue weighted by molar-refractivity contribution is 7.92.